The van der Waals surface area contributed by atoms with E-state index in [1.165, 1.54) is 5.56 Å². The van der Waals surface area contributed by atoms with Crippen molar-refractivity contribution >= 4 is 5.91 Å². The highest BCUT2D eigenvalue weighted by Crippen LogP contribution is 2.25. The van der Waals surface area contributed by atoms with Crippen molar-refractivity contribution in [1.82, 2.24) is 20.0 Å². The Morgan fingerprint density at radius 1 is 1.03 bits per heavy atom. The SMILES string of the molecule is O=C(NCC(C1CCOC1)N1CCOCC1)c1ccccc1-c1ccc(Cn2cccn2)cc1. The molecule has 0 radical (unpaired) electrons. The molecule has 2 saturated heterocycles. The number of rotatable bonds is 8. The Bertz CT molecular complexity index is 1060. The molecular formula is C27H32N4O3. The Hall–Kier alpha value is -3.00. The second kappa shape index (κ2) is 11.0. The molecule has 0 spiro atoms. The predicted octanol–water partition coefficient (Wildman–Crippen LogP) is 3.07. The monoisotopic (exact) mass is 460 g/mol. The van der Waals surface area contributed by atoms with Gasteiger partial charge < -0.3 is 14.8 Å². The number of morpholine rings is 1. The van der Waals surface area contributed by atoms with Gasteiger partial charge in [-0.1, -0.05) is 42.5 Å². The first-order valence-corrected chi connectivity index (χ1v) is 12.1. The van der Waals surface area contributed by atoms with Gasteiger partial charge in [-0.2, -0.15) is 5.10 Å². The molecule has 2 fully saturated rings. The van der Waals surface area contributed by atoms with Gasteiger partial charge in [0.25, 0.3) is 5.91 Å². The normalized spacial score (nSPS) is 19.7. The second-order valence-electron chi connectivity index (χ2n) is 9.00. The summed E-state index contributed by atoms with van der Waals surface area (Å²) < 4.78 is 13.1. The third-order valence-electron chi connectivity index (χ3n) is 6.84. The van der Waals surface area contributed by atoms with E-state index in [9.17, 15) is 4.79 Å². The van der Waals surface area contributed by atoms with Crippen molar-refractivity contribution in [3.05, 3.63) is 78.1 Å². The predicted molar refractivity (Wildman–Crippen MR) is 131 cm³/mol. The largest absolute Gasteiger partial charge is 0.381 e. The van der Waals surface area contributed by atoms with Crippen molar-refractivity contribution in [2.75, 3.05) is 46.1 Å². The van der Waals surface area contributed by atoms with Gasteiger partial charge in [-0.25, -0.2) is 0 Å². The standard InChI is InChI=1S/C27H32N4O3/c32-27(28-18-26(23-10-15-34-20-23)30-13-16-33-17-14-30)25-5-2-1-4-24(25)22-8-6-21(7-9-22)19-31-12-3-11-29-31/h1-9,11-12,23,26H,10,13-20H2,(H,28,32). The zero-order chi connectivity index (χ0) is 23.2. The number of amides is 1. The molecule has 2 unspecified atom stereocenters. The summed E-state index contributed by atoms with van der Waals surface area (Å²) in [6.07, 6.45) is 4.78. The molecule has 7 heteroatoms. The lowest BCUT2D eigenvalue weighted by atomic mass is 9.96. The number of nitrogens with one attached hydrogen (secondary N) is 1. The lowest BCUT2D eigenvalue weighted by molar-refractivity contribution is 0.00166. The van der Waals surface area contributed by atoms with Crippen molar-refractivity contribution < 1.29 is 14.3 Å². The van der Waals surface area contributed by atoms with E-state index in [2.05, 4.69) is 39.6 Å². The highest BCUT2D eigenvalue weighted by atomic mass is 16.5. The van der Waals surface area contributed by atoms with Crippen LogP contribution in [0.15, 0.2) is 67.0 Å². The van der Waals surface area contributed by atoms with Crippen molar-refractivity contribution in [3.63, 3.8) is 0 Å². The van der Waals surface area contributed by atoms with E-state index in [-0.39, 0.29) is 11.9 Å². The van der Waals surface area contributed by atoms with Gasteiger partial charge in [0.1, 0.15) is 0 Å². The zero-order valence-corrected chi connectivity index (χ0v) is 19.4. The molecule has 34 heavy (non-hydrogen) atoms. The molecule has 5 rings (SSSR count). The van der Waals surface area contributed by atoms with E-state index in [4.69, 9.17) is 9.47 Å². The Labute approximate surface area is 200 Å². The minimum absolute atomic E-state index is 0.0339. The highest BCUT2D eigenvalue weighted by molar-refractivity contribution is 6.00. The van der Waals surface area contributed by atoms with Crippen LogP contribution in [0.3, 0.4) is 0 Å². The van der Waals surface area contributed by atoms with Gasteiger partial charge >= 0.3 is 0 Å². The summed E-state index contributed by atoms with van der Waals surface area (Å²) in [7, 11) is 0. The second-order valence-corrected chi connectivity index (χ2v) is 9.00. The quantitative estimate of drug-likeness (QED) is 0.560. The number of benzene rings is 2. The third kappa shape index (κ3) is 5.38. The van der Waals surface area contributed by atoms with Gasteiger partial charge in [-0.3, -0.25) is 14.4 Å². The molecule has 2 aromatic carbocycles. The van der Waals surface area contributed by atoms with Crippen molar-refractivity contribution in [2.24, 2.45) is 5.92 Å². The molecule has 0 saturated carbocycles. The van der Waals surface area contributed by atoms with Crippen LogP contribution in [-0.4, -0.2) is 72.7 Å². The van der Waals surface area contributed by atoms with E-state index < -0.39 is 0 Å². The average Bonchev–Trinajstić information content (AvgIpc) is 3.60. The van der Waals surface area contributed by atoms with Crippen molar-refractivity contribution in [3.8, 4) is 11.1 Å². The van der Waals surface area contributed by atoms with Gasteiger partial charge in [0, 0.05) is 56.2 Å². The van der Waals surface area contributed by atoms with E-state index in [1.807, 2.05) is 41.2 Å². The summed E-state index contributed by atoms with van der Waals surface area (Å²) in [5, 5.41) is 7.51. The fourth-order valence-corrected chi connectivity index (χ4v) is 4.96. The number of ether oxygens (including phenoxy) is 2. The molecule has 3 aromatic rings. The van der Waals surface area contributed by atoms with Crippen LogP contribution < -0.4 is 5.32 Å². The van der Waals surface area contributed by atoms with Crippen LogP contribution in [-0.2, 0) is 16.0 Å². The third-order valence-corrected chi connectivity index (χ3v) is 6.84. The fourth-order valence-electron chi connectivity index (χ4n) is 4.96. The number of carbonyl (C=O) groups is 1. The fraction of sp³-hybridized carbons (Fsp3) is 0.407. The maximum absolute atomic E-state index is 13.3. The summed E-state index contributed by atoms with van der Waals surface area (Å²) in [6, 6.07) is 18.4. The molecule has 2 atom stereocenters. The Morgan fingerprint density at radius 2 is 1.85 bits per heavy atom. The Kier molecular flexibility index (Phi) is 7.34. The molecule has 1 amide bonds. The van der Waals surface area contributed by atoms with Gasteiger partial charge in [0.05, 0.1) is 26.4 Å². The van der Waals surface area contributed by atoms with Gasteiger partial charge in [0.2, 0.25) is 0 Å². The molecule has 7 nitrogen and oxygen atoms in total. The smallest absolute Gasteiger partial charge is 0.251 e. The van der Waals surface area contributed by atoms with E-state index in [0.29, 0.717) is 18.0 Å². The van der Waals surface area contributed by atoms with E-state index in [0.717, 1.165) is 63.6 Å². The molecule has 178 valence electrons. The molecule has 1 N–H and O–H groups in total. The number of nitrogens with zero attached hydrogens (tertiary/aromatic N) is 3. The molecule has 3 heterocycles. The number of hydrogen-bond acceptors (Lipinski definition) is 5. The van der Waals surface area contributed by atoms with Crippen LogP contribution in [0.5, 0.6) is 0 Å². The summed E-state index contributed by atoms with van der Waals surface area (Å²) in [5.41, 5.74) is 3.84. The summed E-state index contributed by atoms with van der Waals surface area (Å²) in [6.45, 7) is 6.21. The summed E-state index contributed by atoms with van der Waals surface area (Å²) >= 11 is 0. The van der Waals surface area contributed by atoms with Crippen LogP contribution in [0.2, 0.25) is 0 Å². The Morgan fingerprint density at radius 3 is 2.59 bits per heavy atom. The van der Waals surface area contributed by atoms with Crippen LogP contribution in [0.1, 0.15) is 22.3 Å². The van der Waals surface area contributed by atoms with Gasteiger partial charge in [-0.15, -0.1) is 0 Å². The minimum Gasteiger partial charge on any atom is -0.381 e. The Balaban J connectivity index is 1.28. The lowest BCUT2D eigenvalue weighted by Crippen LogP contribution is -2.52. The molecule has 0 aliphatic carbocycles. The first-order chi connectivity index (χ1) is 16.8. The van der Waals surface area contributed by atoms with Crippen LogP contribution in [0.25, 0.3) is 11.1 Å². The zero-order valence-electron chi connectivity index (χ0n) is 19.4. The van der Waals surface area contributed by atoms with E-state index in [1.54, 1.807) is 6.20 Å². The lowest BCUT2D eigenvalue weighted by Gasteiger charge is -2.37. The first kappa shape index (κ1) is 22.8. The summed E-state index contributed by atoms with van der Waals surface area (Å²) in [4.78, 5) is 15.8. The van der Waals surface area contributed by atoms with Crippen LogP contribution in [0.4, 0.5) is 0 Å². The number of hydrogen-bond donors (Lipinski definition) is 1. The molecule has 0 bridgehead atoms. The topological polar surface area (TPSA) is 68.6 Å². The molecule has 2 aliphatic rings. The number of aromatic nitrogens is 2. The van der Waals surface area contributed by atoms with E-state index >= 15 is 0 Å². The molecule has 2 aliphatic heterocycles. The molecular weight excluding hydrogens is 428 g/mol. The van der Waals surface area contributed by atoms with Gasteiger partial charge in [0.15, 0.2) is 0 Å². The van der Waals surface area contributed by atoms with Crippen molar-refractivity contribution in [2.45, 2.75) is 19.0 Å². The van der Waals surface area contributed by atoms with Crippen LogP contribution >= 0.6 is 0 Å². The average molecular weight is 461 g/mol. The minimum atomic E-state index is -0.0339. The highest BCUT2D eigenvalue weighted by Gasteiger charge is 2.32. The van der Waals surface area contributed by atoms with Gasteiger partial charge in [-0.05, 0) is 35.2 Å². The molecule has 1 aromatic heterocycles. The summed E-state index contributed by atoms with van der Waals surface area (Å²) in [5.74, 6) is 0.407. The first-order valence-electron chi connectivity index (χ1n) is 12.1. The van der Waals surface area contributed by atoms with Crippen molar-refractivity contribution in [1.29, 1.82) is 0 Å². The van der Waals surface area contributed by atoms with Crippen LogP contribution in [0, 0.1) is 5.92 Å². The maximum Gasteiger partial charge on any atom is 0.251 e. The maximum atomic E-state index is 13.3. The number of carbonyl (C=O) groups excluding carboxylic acids is 1.